The van der Waals surface area contributed by atoms with Gasteiger partial charge in [-0.25, -0.2) is 9.18 Å². The SMILES string of the molecule is CC(C)(C)OC(=O)NCC#Cc1cc(F)ccc1C(F)(F)F. The van der Waals surface area contributed by atoms with Gasteiger partial charge in [-0.2, -0.15) is 13.2 Å². The van der Waals surface area contributed by atoms with Crippen molar-refractivity contribution in [2.75, 3.05) is 6.54 Å². The van der Waals surface area contributed by atoms with E-state index in [9.17, 15) is 22.4 Å². The van der Waals surface area contributed by atoms with Crippen LogP contribution in [0.15, 0.2) is 18.2 Å². The number of benzene rings is 1. The van der Waals surface area contributed by atoms with Crippen molar-refractivity contribution < 1.29 is 27.1 Å². The Kier molecular flexibility index (Phi) is 5.42. The average Bonchev–Trinajstić information content (AvgIpc) is 2.31. The van der Waals surface area contributed by atoms with Crippen molar-refractivity contribution in [3.63, 3.8) is 0 Å². The van der Waals surface area contributed by atoms with E-state index in [4.69, 9.17) is 4.74 Å². The van der Waals surface area contributed by atoms with Crippen molar-refractivity contribution in [2.24, 2.45) is 0 Å². The molecule has 1 N–H and O–H groups in total. The number of hydrogen-bond acceptors (Lipinski definition) is 2. The van der Waals surface area contributed by atoms with Gasteiger partial charge in [0.15, 0.2) is 0 Å². The molecule has 1 amide bonds. The van der Waals surface area contributed by atoms with Gasteiger partial charge in [-0.3, -0.25) is 0 Å². The highest BCUT2D eigenvalue weighted by atomic mass is 19.4. The van der Waals surface area contributed by atoms with Crippen molar-refractivity contribution in [1.82, 2.24) is 5.32 Å². The molecule has 0 aliphatic rings. The van der Waals surface area contributed by atoms with Crippen molar-refractivity contribution in [3.8, 4) is 11.8 Å². The number of alkyl carbamates (subject to hydrolysis) is 1. The monoisotopic (exact) mass is 317 g/mol. The minimum Gasteiger partial charge on any atom is -0.444 e. The summed E-state index contributed by atoms with van der Waals surface area (Å²) in [4.78, 5) is 11.3. The van der Waals surface area contributed by atoms with E-state index in [1.807, 2.05) is 0 Å². The lowest BCUT2D eigenvalue weighted by molar-refractivity contribution is -0.137. The molecule has 1 aromatic rings. The maximum absolute atomic E-state index is 13.0. The molecule has 0 fully saturated rings. The van der Waals surface area contributed by atoms with E-state index >= 15 is 0 Å². The zero-order valence-electron chi connectivity index (χ0n) is 12.3. The second kappa shape index (κ2) is 6.69. The van der Waals surface area contributed by atoms with E-state index in [1.54, 1.807) is 20.8 Å². The number of nitrogens with one attached hydrogen (secondary N) is 1. The van der Waals surface area contributed by atoms with E-state index in [0.29, 0.717) is 18.2 Å². The van der Waals surface area contributed by atoms with Gasteiger partial charge in [0, 0.05) is 5.56 Å². The number of halogens is 4. The van der Waals surface area contributed by atoms with Crippen LogP contribution in [0, 0.1) is 17.7 Å². The van der Waals surface area contributed by atoms with Crippen LogP contribution in [0.2, 0.25) is 0 Å². The molecule has 22 heavy (non-hydrogen) atoms. The summed E-state index contributed by atoms with van der Waals surface area (Å²) in [5.74, 6) is 3.71. The first-order valence-corrected chi connectivity index (χ1v) is 6.31. The van der Waals surface area contributed by atoms with Crippen molar-refractivity contribution in [2.45, 2.75) is 32.5 Å². The summed E-state index contributed by atoms with van der Waals surface area (Å²) in [6.07, 6.45) is -5.37. The van der Waals surface area contributed by atoms with Gasteiger partial charge in [-0.15, -0.1) is 0 Å². The topological polar surface area (TPSA) is 38.3 Å². The van der Waals surface area contributed by atoms with Gasteiger partial charge in [-0.05, 0) is 39.0 Å². The average molecular weight is 317 g/mol. The third-order valence-electron chi connectivity index (χ3n) is 2.23. The van der Waals surface area contributed by atoms with Crippen LogP contribution in [0.1, 0.15) is 31.9 Å². The Morgan fingerprint density at radius 3 is 2.45 bits per heavy atom. The van der Waals surface area contributed by atoms with Gasteiger partial charge < -0.3 is 10.1 Å². The van der Waals surface area contributed by atoms with Crippen LogP contribution >= 0.6 is 0 Å². The minimum atomic E-state index is -4.63. The molecule has 7 heteroatoms. The molecule has 0 saturated heterocycles. The van der Waals surface area contributed by atoms with Crippen LogP contribution in [-0.4, -0.2) is 18.2 Å². The Morgan fingerprint density at radius 1 is 1.27 bits per heavy atom. The van der Waals surface area contributed by atoms with E-state index in [1.165, 1.54) is 0 Å². The van der Waals surface area contributed by atoms with Gasteiger partial charge in [0.1, 0.15) is 11.4 Å². The zero-order valence-corrected chi connectivity index (χ0v) is 12.3. The van der Waals surface area contributed by atoms with Crippen molar-refractivity contribution in [3.05, 3.63) is 35.1 Å². The molecule has 120 valence electrons. The fourth-order valence-electron chi connectivity index (χ4n) is 1.44. The van der Waals surface area contributed by atoms with Crippen molar-refractivity contribution >= 4 is 6.09 Å². The zero-order chi connectivity index (χ0) is 17.0. The molecule has 0 spiro atoms. The molecule has 3 nitrogen and oxygen atoms in total. The second-order valence-electron chi connectivity index (χ2n) is 5.34. The fraction of sp³-hybridized carbons (Fsp3) is 0.400. The standard InChI is InChI=1S/C15H15F4NO2/c1-14(2,3)22-13(21)20-8-4-5-10-9-11(16)6-7-12(10)15(17,18)19/h6-7,9H,8H2,1-3H3,(H,20,21). The van der Waals surface area contributed by atoms with Crippen LogP contribution in [0.25, 0.3) is 0 Å². The van der Waals surface area contributed by atoms with Gasteiger partial charge >= 0.3 is 12.3 Å². The number of carbonyl (C=O) groups excluding carboxylic acids is 1. The van der Waals surface area contributed by atoms with Crippen molar-refractivity contribution in [1.29, 1.82) is 0 Å². The largest absolute Gasteiger partial charge is 0.444 e. The molecular weight excluding hydrogens is 302 g/mol. The first kappa shape index (κ1) is 17.8. The van der Waals surface area contributed by atoms with Crippen LogP contribution < -0.4 is 5.32 Å². The first-order chi connectivity index (χ1) is 9.99. The molecule has 1 aromatic carbocycles. The summed E-state index contributed by atoms with van der Waals surface area (Å²) in [7, 11) is 0. The van der Waals surface area contributed by atoms with E-state index in [2.05, 4.69) is 17.2 Å². The number of rotatable bonds is 1. The second-order valence-corrected chi connectivity index (χ2v) is 5.34. The third kappa shape index (κ3) is 6.04. The number of alkyl halides is 3. The summed E-state index contributed by atoms with van der Waals surface area (Å²) in [6, 6.07) is 2.04. The quantitative estimate of drug-likeness (QED) is 0.633. The highest BCUT2D eigenvalue weighted by Crippen LogP contribution is 2.31. The first-order valence-electron chi connectivity index (χ1n) is 6.31. The maximum Gasteiger partial charge on any atom is 0.417 e. The fourth-order valence-corrected chi connectivity index (χ4v) is 1.44. The van der Waals surface area contributed by atoms with Crippen LogP contribution in [-0.2, 0) is 10.9 Å². The van der Waals surface area contributed by atoms with Gasteiger partial charge in [0.25, 0.3) is 0 Å². The lowest BCUT2D eigenvalue weighted by Crippen LogP contribution is -2.32. The van der Waals surface area contributed by atoms with E-state index < -0.39 is 34.8 Å². The summed E-state index contributed by atoms with van der Waals surface area (Å²) in [5.41, 5.74) is -2.21. The Labute approximate surface area is 125 Å². The minimum absolute atomic E-state index is 0.220. The molecule has 0 radical (unpaired) electrons. The molecule has 0 aliphatic heterocycles. The van der Waals surface area contributed by atoms with Crippen LogP contribution in [0.5, 0.6) is 0 Å². The Bertz CT molecular complexity index is 607. The summed E-state index contributed by atoms with van der Waals surface area (Å²) < 4.78 is 56.1. The molecular formula is C15H15F4NO2. The predicted octanol–water partition coefficient (Wildman–Crippen LogP) is 3.72. The molecule has 1 rings (SSSR count). The highest BCUT2D eigenvalue weighted by Gasteiger charge is 2.33. The van der Waals surface area contributed by atoms with E-state index in [-0.39, 0.29) is 6.54 Å². The summed E-state index contributed by atoms with van der Waals surface area (Å²) in [5, 5.41) is 2.27. The summed E-state index contributed by atoms with van der Waals surface area (Å²) in [6.45, 7) is 4.78. The lowest BCUT2D eigenvalue weighted by Gasteiger charge is -2.19. The van der Waals surface area contributed by atoms with Crippen LogP contribution in [0.3, 0.4) is 0 Å². The van der Waals surface area contributed by atoms with E-state index in [0.717, 1.165) is 0 Å². The normalized spacial score (nSPS) is 11.4. The van der Waals surface area contributed by atoms with Gasteiger partial charge in [0.2, 0.25) is 0 Å². The van der Waals surface area contributed by atoms with Gasteiger partial charge in [0.05, 0.1) is 12.1 Å². The molecule has 0 aromatic heterocycles. The molecule has 0 saturated carbocycles. The van der Waals surface area contributed by atoms with Gasteiger partial charge in [-0.1, -0.05) is 11.8 Å². The Hall–Kier alpha value is -2.23. The molecule has 0 aliphatic carbocycles. The maximum atomic E-state index is 13.0. The Balaban J connectivity index is 2.77. The van der Waals surface area contributed by atoms with Crippen LogP contribution in [0.4, 0.5) is 22.4 Å². The number of carbonyl (C=O) groups is 1. The smallest absolute Gasteiger partial charge is 0.417 e. The number of amides is 1. The lowest BCUT2D eigenvalue weighted by atomic mass is 10.1. The Morgan fingerprint density at radius 2 is 1.91 bits per heavy atom. The summed E-state index contributed by atoms with van der Waals surface area (Å²) >= 11 is 0. The molecule has 0 unspecified atom stereocenters. The third-order valence-corrected chi connectivity index (χ3v) is 2.23. The molecule has 0 atom stereocenters. The molecule has 0 bridgehead atoms. The number of ether oxygens (including phenoxy) is 1. The highest BCUT2D eigenvalue weighted by molar-refractivity contribution is 5.68. The number of hydrogen-bond donors (Lipinski definition) is 1. The predicted molar refractivity (Wildman–Crippen MR) is 72.5 cm³/mol. The molecule has 0 heterocycles.